The molecule has 4 heteroatoms. The van der Waals surface area contributed by atoms with Gasteiger partial charge in [0.2, 0.25) is 0 Å². The van der Waals surface area contributed by atoms with Crippen LogP contribution in [0.5, 0.6) is 0 Å². The van der Waals surface area contributed by atoms with Crippen LogP contribution in [0.4, 0.5) is 0 Å². The normalized spacial score (nSPS) is 26.9. The van der Waals surface area contributed by atoms with E-state index in [1.807, 2.05) is 0 Å². The van der Waals surface area contributed by atoms with Crippen molar-refractivity contribution in [1.29, 1.82) is 0 Å². The lowest BCUT2D eigenvalue weighted by Gasteiger charge is -2.26. The molecule has 0 heterocycles. The number of esters is 1. The molecule has 0 aromatic heterocycles. The van der Waals surface area contributed by atoms with E-state index in [4.69, 9.17) is 9.94 Å². The molecule has 16 heavy (non-hydrogen) atoms. The summed E-state index contributed by atoms with van der Waals surface area (Å²) in [5.41, 5.74) is -0.147. The van der Waals surface area contributed by atoms with Crippen molar-refractivity contribution in [2.45, 2.75) is 39.0 Å². The third-order valence-corrected chi connectivity index (χ3v) is 3.13. The third-order valence-electron chi connectivity index (χ3n) is 3.13. The molecule has 0 unspecified atom stereocenters. The van der Waals surface area contributed by atoms with Gasteiger partial charge >= 0.3 is 5.97 Å². The van der Waals surface area contributed by atoms with E-state index < -0.39 is 5.41 Å². The number of hydrogen-bond donors (Lipinski definition) is 1. The van der Waals surface area contributed by atoms with Crippen molar-refractivity contribution in [1.82, 2.24) is 0 Å². The number of hydrogen-bond acceptors (Lipinski definition) is 4. The molecule has 4 nitrogen and oxygen atoms in total. The zero-order chi connectivity index (χ0) is 12.0. The second kappa shape index (κ2) is 5.68. The van der Waals surface area contributed by atoms with Gasteiger partial charge in [0.05, 0.1) is 12.3 Å². The monoisotopic (exact) mass is 225 g/mol. The average molecular weight is 225 g/mol. The molecule has 0 radical (unpaired) electrons. The van der Waals surface area contributed by atoms with E-state index in [-0.39, 0.29) is 5.97 Å². The van der Waals surface area contributed by atoms with Crippen molar-refractivity contribution in [2.24, 2.45) is 10.6 Å². The summed E-state index contributed by atoms with van der Waals surface area (Å²) < 4.78 is 5.09. The van der Waals surface area contributed by atoms with E-state index in [1.54, 1.807) is 13.0 Å². The minimum absolute atomic E-state index is 0.262. The molecule has 1 aliphatic carbocycles. The summed E-state index contributed by atoms with van der Waals surface area (Å²) in [6.45, 7) is 5.79. The minimum Gasteiger partial charge on any atom is -0.465 e. The number of carbonyl (C=O) groups excluding carboxylic acids is 1. The molecule has 0 amide bonds. The van der Waals surface area contributed by atoms with Gasteiger partial charge in [0.25, 0.3) is 0 Å². The van der Waals surface area contributed by atoms with Crippen LogP contribution >= 0.6 is 0 Å². The number of oxime groups is 1. The van der Waals surface area contributed by atoms with Gasteiger partial charge in [-0.2, -0.15) is 0 Å². The molecule has 1 aliphatic rings. The van der Waals surface area contributed by atoms with Gasteiger partial charge in [0.1, 0.15) is 5.41 Å². The van der Waals surface area contributed by atoms with Crippen molar-refractivity contribution in [3.05, 3.63) is 12.7 Å². The zero-order valence-corrected chi connectivity index (χ0v) is 9.74. The highest BCUT2D eigenvalue weighted by atomic mass is 16.5. The van der Waals surface area contributed by atoms with Crippen molar-refractivity contribution in [2.75, 3.05) is 6.61 Å². The standard InChI is InChI=1S/C12H19NO3/c1-3-5-8-12(11(14)16-4-2)9-6-7-10(12)13-15/h3,15H,1,4-9H2,2H3/b13-10+/t12-/m0/s1. The van der Waals surface area contributed by atoms with Gasteiger partial charge in [-0.15, -0.1) is 6.58 Å². The van der Waals surface area contributed by atoms with E-state index in [9.17, 15) is 4.79 Å². The summed E-state index contributed by atoms with van der Waals surface area (Å²) in [6.07, 6.45) is 5.36. The maximum atomic E-state index is 12.0. The van der Waals surface area contributed by atoms with Crippen LogP contribution in [0.2, 0.25) is 0 Å². The van der Waals surface area contributed by atoms with Crippen molar-refractivity contribution >= 4 is 11.7 Å². The average Bonchev–Trinajstić information content (AvgIpc) is 2.70. The largest absolute Gasteiger partial charge is 0.465 e. The van der Waals surface area contributed by atoms with E-state index in [0.717, 1.165) is 12.8 Å². The second-order valence-corrected chi connectivity index (χ2v) is 4.03. The lowest BCUT2D eigenvalue weighted by molar-refractivity contribution is -0.151. The van der Waals surface area contributed by atoms with Crippen LogP contribution in [0.25, 0.3) is 0 Å². The highest BCUT2D eigenvalue weighted by molar-refractivity contribution is 6.07. The van der Waals surface area contributed by atoms with Crippen molar-refractivity contribution < 1.29 is 14.7 Å². The van der Waals surface area contributed by atoms with E-state index >= 15 is 0 Å². The lowest BCUT2D eigenvalue weighted by atomic mass is 9.80. The fraction of sp³-hybridized carbons (Fsp3) is 0.667. The van der Waals surface area contributed by atoms with Gasteiger partial charge in [0.15, 0.2) is 0 Å². The van der Waals surface area contributed by atoms with Crippen molar-refractivity contribution in [3.8, 4) is 0 Å². The molecule has 0 aromatic carbocycles. The summed E-state index contributed by atoms with van der Waals surface area (Å²) in [5.74, 6) is -0.262. The SMILES string of the molecule is C=CCC[C@]1(C(=O)OCC)CCC/C1=N\O. The molecule has 1 fully saturated rings. The number of rotatable bonds is 5. The summed E-state index contributed by atoms with van der Waals surface area (Å²) in [6, 6.07) is 0. The topological polar surface area (TPSA) is 58.9 Å². The molecular weight excluding hydrogens is 206 g/mol. The number of ether oxygens (including phenoxy) is 1. The molecule has 0 saturated heterocycles. The quantitative estimate of drug-likeness (QED) is 0.338. The van der Waals surface area contributed by atoms with Gasteiger partial charge in [-0.3, -0.25) is 4.79 Å². The van der Waals surface area contributed by atoms with Crippen LogP contribution in [0.15, 0.2) is 17.8 Å². The first-order valence-electron chi connectivity index (χ1n) is 5.70. The fourth-order valence-electron chi connectivity index (χ4n) is 2.30. The summed E-state index contributed by atoms with van der Waals surface area (Å²) in [5, 5.41) is 12.3. The molecule has 1 saturated carbocycles. The Hall–Kier alpha value is -1.32. The molecule has 0 aromatic rings. The Kier molecular flexibility index (Phi) is 4.52. The molecule has 1 atom stereocenters. The first kappa shape index (κ1) is 12.7. The van der Waals surface area contributed by atoms with Crippen LogP contribution in [0, 0.1) is 5.41 Å². The van der Waals surface area contributed by atoms with Crippen LogP contribution in [0.3, 0.4) is 0 Å². The predicted molar refractivity (Wildman–Crippen MR) is 61.6 cm³/mol. The lowest BCUT2D eigenvalue weighted by Crippen LogP contribution is -2.37. The summed E-state index contributed by atoms with van der Waals surface area (Å²) >= 11 is 0. The predicted octanol–water partition coefficient (Wildman–Crippen LogP) is 2.52. The van der Waals surface area contributed by atoms with Gasteiger partial charge < -0.3 is 9.94 Å². The van der Waals surface area contributed by atoms with Crippen molar-refractivity contribution in [3.63, 3.8) is 0 Å². The highest BCUT2D eigenvalue weighted by Gasteiger charge is 2.47. The van der Waals surface area contributed by atoms with E-state index in [0.29, 0.717) is 31.6 Å². The van der Waals surface area contributed by atoms with Crippen LogP contribution < -0.4 is 0 Å². The van der Waals surface area contributed by atoms with Crippen LogP contribution in [-0.2, 0) is 9.53 Å². The van der Waals surface area contributed by atoms with Gasteiger partial charge in [-0.05, 0) is 39.0 Å². The van der Waals surface area contributed by atoms with E-state index in [2.05, 4.69) is 11.7 Å². The third kappa shape index (κ3) is 2.26. The van der Waals surface area contributed by atoms with Gasteiger partial charge in [0, 0.05) is 0 Å². The minimum atomic E-state index is -0.709. The Morgan fingerprint density at radius 3 is 3.06 bits per heavy atom. The second-order valence-electron chi connectivity index (χ2n) is 4.03. The Morgan fingerprint density at radius 1 is 1.75 bits per heavy atom. The fourth-order valence-corrected chi connectivity index (χ4v) is 2.30. The molecule has 90 valence electrons. The molecule has 0 bridgehead atoms. The Morgan fingerprint density at radius 2 is 2.50 bits per heavy atom. The first-order chi connectivity index (χ1) is 7.71. The molecule has 0 spiro atoms. The van der Waals surface area contributed by atoms with Crippen LogP contribution in [0.1, 0.15) is 39.0 Å². The number of allylic oxidation sites excluding steroid dienone is 1. The van der Waals surface area contributed by atoms with Crippen LogP contribution in [-0.4, -0.2) is 23.5 Å². The molecule has 0 aliphatic heterocycles. The summed E-state index contributed by atoms with van der Waals surface area (Å²) in [7, 11) is 0. The smallest absolute Gasteiger partial charge is 0.317 e. The first-order valence-corrected chi connectivity index (χ1v) is 5.70. The van der Waals surface area contributed by atoms with Gasteiger partial charge in [-0.1, -0.05) is 11.2 Å². The Labute approximate surface area is 96.0 Å². The molecule has 1 rings (SSSR count). The number of carbonyl (C=O) groups is 1. The maximum Gasteiger partial charge on any atom is 0.317 e. The Bertz CT molecular complexity index is 299. The molecular formula is C12H19NO3. The maximum absolute atomic E-state index is 12.0. The summed E-state index contributed by atoms with van der Waals surface area (Å²) in [4.78, 5) is 12.0. The van der Waals surface area contributed by atoms with Gasteiger partial charge in [-0.25, -0.2) is 0 Å². The number of nitrogens with zero attached hydrogens (tertiary/aromatic N) is 1. The molecule has 1 N–H and O–H groups in total. The highest BCUT2D eigenvalue weighted by Crippen LogP contribution is 2.41. The van der Waals surface area contributed by atoms with E-state index in [1.165, 1.54) is 0 Å². The zero-order valence-electron chi connectivity index (χ0n) is 9.74. The Balaban J connectivity index is 2.91.